The van der Waals surface area contributed by atoms with Gasteiger partial charge in [-0.2, -0.15) is 0 Å². The van der Waals surface area contributed by atoms with E-state index in [0.717, 1.165) is 25.9 Å². The molecule has 0 saturated carbocycles. The quantitative estimate of drug-likeness (QED) is 0.871. The second-order valence-corrected chi connectivity index (χ2v) is 5.80. The summed E-state index contributed by atoms with van der Waals surface area (Å²) in [6.07, 6.45) is 1.88. The lowest BCUT2D eigenvalue weighted by Gasteiger charge is -2.37. The number of aryl methyl sites for hydroxylation is 1. The molecule has 1 aliphatic heterocycles. The molecule has 0 atom stereocenters. The van der Waals surface area contributed by atoms with E-state index in [1.807, 2.05) is 0 Å². The van der Waals surface area contributed by atoms with Crippen LogP contribution < -0.4 is 10.6 Å². The Hall–Kier alpha value is -1.17. The highest BCUT2D eigenvalue weighted by atomic mass is 35.5. The van der Waals surface area contributed by atoms with E-state index in [1.54, 1.807) is 26.2 Å². The molecule has 1 aliphatic rings. The molecule has 0 spiro atoms. The molecular formula is C16H24ClFN2O2. The van der Waals surface area contributed by atoms with Gasteiger partial charge in [0.1, 0.15) is 5.82 Å². The summed E-state index contributed by atoms with van der Waals surface area (Å²) in [4.78, 5) is 12.2. The summed E-state index contributed by atoms with van der Waals surface area (Å²) in [7, 11) is 1.67. The van der Waals surface area contributed by atoms with Crippen molar-refractivity contribution in [2.75, 3.05) is 33.4 Å². The number of rotatable bonds is 5. The number of amides is 1. The molecule has 2 N–H and O–H groups in total. The van der Waals surface area contributed by atoms with Crippen LogP contribution in [-0.4, -0.2) is 39.3 Å². The van der Waals surface area contributed by atoms with Gasteiger partial charge in [0.2, 0.25) is 0 Å². The third-order valence-corrected chi connectivity index (χ3v) is 4.18. The average molecular weight is 331 g/mol. The number of benzene rings is 1. The maximum Gasteiger partial charge on any atom is 0.254 e. The third-order valence-electron chi connectivity index (χ3n) is 4.18. The van der Waals surface area contributed by atoms with Crippen molar-refractivity contribution in [2.24, 2.45) is 5.41 Å². The van der Waals surface area contributed by atoms with Crippen LogP contribution in [0.15, 0.2) is 18.2 Å². The minimum Gasteiger partial charge on any atom is -0.384 e. The average Bonchev–Trinajstić information content (AvgIpc) is 2.49. The van der Waals surface area contributed by atoms with E-state index in [0.29, 0.717) is 18.7 Å². The SMILES string of the molecule is COCC1(CNC(=O)c2cccc(C)c2F)CCNCC1.Cl. The molecule has 124 valence electrons. The number of carbonyl (C=O) groups excluding carboxylic acids is 1. The summed E-state index contributed by atoms with van der Waals surface area (Å²) in [5.74, 6) is -0.800. The number of nitrogens with one attached hydrogen (secondary N) is 2. The first-order chi connectivity index (χ1) is 10.1. The van der Waals surface area contributed by atoms with E-state index >= 15 is 0 Å². The van der Waals surface area contributed by atoms with Crippen molar-refractivity contribution >= 4 is 18.3 Å². The Morgan fingerprint density at radius 3 is 2.73 bits per heavy atom. The van der Waals surface area contributed by atoms with E-state index in [2.05, 4.69) is 10.6 Å². The fourth-order valence-corrected chi connectivity index (χ4v) is 2.82. The third kappa shape index (κ3) is 4.41. The highest BCUT2D eigenvalue weighted by Crippen LogP contribution is 2.28. The molecule has 1 amide bonds. The standard InChI is InChI=1S/C16H23FN2O2.ClH/c1-12-4-3-5-13(14(12)17)15(20)19-10-16(11-21-2)6-8-18-9-7-16;/h3-5,18H,6-11H2,1-2H3,(H,19,20);1H. The van der Waals surface area contributed by atoms with Gasteiger partial charge in [0, 0.05) is 19.1 Å². The van der Waals surface area contributed by atoms with Crippen LogP contribution in [0.1, 0.15) is 28.8 Å². The molecule has 0 unspecified atom stereocenters. The highest BCUT2D eigenvalue weighted by molar-refractivity contribution is 5.94. The minimum absolute atomic E-state index is 0. The topological polar surface area (TPSA) is 50.4 Å². The van der Waals surface area contributed by atoms with Gasteiger partial charge >= 0.3 is 0 Å². The molecule has 0 aliphatic carbocycles. The normalized spacial score (nSPS) is 16.7. The lowest BCUT2D eigenvalue weighted by molar-refractivity contribution is 0.0511. The summed E-state index contributed by atoms with van der Waals surface area (Å²) in [5, 5.41) is 6.18. The van der Waals surface area contributed by atoms with Crippen LogP contribution in [0.3, 0.4) is 0 Å². The molecule has 0 radical (unpaired) electrons. The van der Waals surface area contributed by atoms with E-state index in [9.17, 15) is 9.18 Å². The zero-order chi connectivity index (χ0) is 15.3. The van der Waals surface area contributed by atoms with Gasteiger partial charge in [-0.3, -0.25) is 4.79 Å². The number of ether oxygens (including phenoxy) is 1. The molecular weight excluding hydrogens is 307 g/mol. The molecule has 6 heteroatoms. The van der Waals surface area contributed by atoms with Crippen LogP contribution in [0.5, 0.6) is 0 Å². The van der Waals surface area contributed by atoms with Gasteiger partial charge in [0.25, 0.3) is 5.91 Å². The summed E-state index contributed by atoms with van der Waals surface area (Å²) in [6, 6.07) is 4.87. The maximum absolute atomic E-state index is 14.0. The fourth-order valence-electron chi connectivity index (χ4n) is 2.82. The Bertz CT molecular complexity index is 499. The summed E-state index contributed by atoms with van der Waals surface area (Å²) < 4.78 is 19.3. The maximum atomic E-state index is 14.0. The number of halogens is 2. The van der Waals surface area contributed by atoms with E-state index in [-0.39, 0.29) is 29.3 Å². The minimum atomic E-state index is -0.443. The molecule has 1 aromatic carbocycles. The van der Waals surface area contributed by atoms with Gasteiger partial charge in [-0.25, -0.2) is 4.39 Å². The van der Waals surface area contributed by atoms with Gasteiger partial charge in [-0.05, 0) is 44.5 Å². The first kappa shape index (κ1) is 18.9. The van der Waals surface area contributed by atoms with Crippen LogP contribution in [0.4, 0.5) is 4.39 Å². The molecule has 1 fully saturated rings. The van der Waals surface area contributed by atoms with Crippen molar-refractivity contribution in [3.63, 3.8) is 0 Å². The smallest absolute Gasteiger partial charge is 0.254 e. The zero-order valence-electron chi connectivity index (χ0n) is 13.1. The van der Waals surface area contributed by atoms with Crippen molar-refractivity contribution < 1.29 is 13.9 Å². The molecule has 1 aromatic rings. The lowest BCUT2D eigenvalue weighted by Crippen LogP contribution is -2.47. The van der Waals surface area contributed by atoms with Crippen LogP contribution >= 0.6 is 12.4 Å². The number of methoxy groups -OCH3 is 1. The predicted molar refractivity (Wildman–Crippen MR) is 87.1 cm³/mol. The van der Waals surface area contributed by atoms with E-state index in [4.69, 9.17) is 4.74 Å². The number of piperidine rings is 1. The van der Waals surface area contributed by atoms with Crippen molar-refractivity contribution in [2.45, 2.75) is 19.8 Å². The lowest BCUT2D eigenvalue weighted by atomic mass is 9.79. The zero-order valence-corrected chi connectivity index (χ0v) is 13.9. The second-order valence-electron chi connectivity index (χ2n) is 5.80. The first-order valence-electron chi connectivity index (χ1n) is 7.31. The summed E-state index contributed by atoms with van der Waals surface area (Å²) in [6.45, 7) is 4.60. The Morgan fingerprint density at radius 1 is 1.41 bits per heavy atom. The van der Waals surface area contributed by atoms with Gasteiger partial charge < -0.3 is 15.4 Å². The molecule has 2 rings (SSSR count). The Balaban J connectivity index is 0.00000242. The van der Waals surface area contributed by atoms with Crippen molar-refractivity contribution in [3.8, 4) is 0 Å². The number of hydrogen-bond acceptors (Lipinski definition) is 3. The van der Waals surface area contributed by atoms with Gasteiger partial charge in [-0.1, -0.05) is 12.1 Å². The monoisotopic (exact) mass is 330 g/mol. The van der Waals surface area contributed by atoms with Crippen LogP contribution in [0.25, 0.3) is 0 Å². The van der Waals surface area contributed by atoms with Gasteiger partial charge in [0.15, 0.2) is 0 Å². The van der Waals surface area contributed by atoms with Crippen LogP contribution in [0, 0.1) is 18.2 Å². The predicted octanol–water partition coefficient (Wildman–Crippen LogP) is 2.30. The van der Waals surface area contributed by atoms with Crippen molar-refractivity contribution in [1.29, 1.82) is 0 Å². The molecule has 0 bridgehead atoms. The van der Waals surface area contributed by atoms with Crippen molar-refractivity contribution in [3.05, 3.63) is 35.1 Å². The van der Waals surface area contributed by atoms with Gasteiger partial charge in [0.05, 0.1) is 12.2 Å². The Kier molecular flexibility index (Phi) is 7.26. The molecule has 0 aromatic heterocycles. The molecule has 1 heterocycles. The summed E-state index contributed by atoms with van der Waals surface area (Å²) in [5.41, 5.74) is 0.531. The summed E-state index contributed by atoms with van der Waals surface area (Å²) >= 11 is 0. The van der Waals surface area contributed by atoms with Crippen molar-refractivity contribution in [1.82, 2.24) is 10.6 Å². The first-order valence-corrected chi connectivity index (χ1v) is 7.31. The second kappa shape index (κ2) is 8.46. The fraction of sp³-hybridized carbons (Fsp3) is 0.562. The molecule has 1 saturated heterocycles. The van der Waals surface area contributed by atoms with Crippen LogP contribution in [0.2, 0.25) is 0 Å². The van der Waals surface area contributed by atoms with E-state index < -0.39 is 5.82 Å². The van der Waals surface area contributed by atoms with Crippen LogP contribution in [-0.2, 0) is 4.74 Å². The van der Waals surface area contributed by atoms with E-state index in [1.165, 1.54) is 6.07 Å². The van der Waals surface area contributed by atoms with Gasteiger partial charge in [-0.15, -0.1) is 12.4 Å². The number of carbonyl (C=O) groups is 1. The Labute approximate surface area is 137 Å². The highest BCUT2D eigenvalue weighted by Gasteiger charge is 2.32. The molecule has 4 nitrogen and oxygen atoms in total. The molecule has 22 heavy (non-hydrogen) atoms. The largest absolute Gasteiger partial charge is 0.384 e. The number of hydrogen-bond donors (Lipinski definition) is 2. The Morgan fingerprint density at radius 2 is 2.09 bits per heavy atom.